The highest BCUT2D eigenvalue weighted by molar-refractivity contribution is 5.92. The number of piperidine rings is 1. The molecule has 158 valence electrons. The Hall–Kier alpha value is -3.24. The smallest absolute Gasteiger partial charge is 0.361 e. The number of hydrogen-bond acceptors (Lipinski definition) is 6. The summed E-state index contributed by atoms with van der Waals surface area (Å²) in [6.07, 6.45) is -2.04. The molecule has 30 heavy (non-hydrogen) atoms. The molecule has 3 aromatic rings. The van der Waals surface area contributed by atoms with E-state index < -0.39 is 11.7 Å². The van der Waals surface area contributed by atoms with Gasteiger partial charge in [-0.3, -0.25) is 9.20 Å². The lowest BCUT2D eigenvalue weighted by molar-refractivity contribution is -0.137. The molecule has 0 aliphatic carbocycles. The molecule has 1 amide bonds. The molecule has 3 aromatic heterocycles. The Morgan fingerprint density at radius 3 is 2.57 bits per heavy atom. The summed E-state index contributed by atoms with van der Waals surface area (Å²) in [5.41, 5.74) is -0.200. The third kappa shape index (κ3) is 3.79. The number of anilines is 1. The summed E-state index contributed by atoms with van der Waals surface area (Å²) in [5.74, 6) is 0.568. The van der Waals surface area contributed by atoms with E-state index in [1.165, 1.54) is 10.5 Å². The second-order valence-corrected chi connectivity index (χ2v) is 7.46. The Bertz CT molecular complexity index is 1060. The van der Waals surface area contributed by atoms with E-state index in [-0.39, 0.29) is 17.5 Å². The maximum atomic E-state index is 13.1. The van der Waals surface area contributed by atoms with E-state index in [9.17, 15) is 18.0 Å². The Balaban J connectivity index is 1.57. The van der Waals surface area contributed by atoms with Crippen molar-refractivity contribution >= 4 is 17.4 Å². The van der Waals surface area contributed by atoms with Crippen molar-refractivity contribution in [3.8, 4) is 0 Å². The molecular formula is C19H20F3N7O. The van der Waals surface area contributed by atoms with Gasteiger partial charge in [0.2, 0.25) is 0 Å². The van der Waals surface area contributed by atoms with Crippen LogP contribution < -0.4 is 4.90 Å². The van der Waals surface area contributed by atoms with Crippen molar-refractivity contribution in [1.82, 2.24) is 29.7 Å². The molecule has 1 atom stereocenters. The van der Waals surface area contributed by atoms with Gasteiger partial charge in [0.25, 0.3) is 5.91 Å². The van der Waals surface area contributed by atoms with Crippen molar-refractivity contribution in [2.45, 2.75) is 24.9 Å². The Kier molecular flexibility index (Phi) is 5.04. The predicted octanol–water partition coefficient (Wildman–Crippen LogP) is 2.62. The first-order valence-electron chi connectivity index (χ1n) is 9.46. The van der Waals surface area contributed by atoms with Crippen LogP contribution in [0.3, 0.4) is 0 Å². The molecule has 1 fully saturated rings. The fourth-order valence-corrected chi connectivity index (χ4v) is 3.57. The van der Waals surface area contributed by atoms with Crippen molar-refractivity contribution < 1.29 is 18.0 Å². The molecule has 0 spiro atoms. The van der Waals surface area contributed by atoms with E-state index in [1.807, 2.05) is 14.1 Å². The molecule has 0 radical (unpaired) electrons. The number of carbonyl (C=O) groups is 1. The summed E-state index contributed by atoms with van der Waals surface area (Å²) in [5, 5.41) is 16.1. The summed E-state index contributed by atoms with van der Waals surface area (Å²) in [4.78, 5) is 16.3. The summed E-state index contributed by atoms with van der Waals surface area (Å²) in [7, 11) is 3.65. The maximum Gasteiger partial charge on any atom is 0.417 e. The van der Waals surface area contributed by atoms with Gasteiger partial charge in [-0.2, -0.15) is 13.2 Å². The Morgan fingerprint density at radius 1 is 1.10 bits per heavy atom. The molecular weight excluding hydrogens is 399 g/mol. The SMILES string of the molecule is CN(C)c1ccc(C(=O)N2CCCC(c3nnc4ccc(C(F)(F)F)cn34)C2)nn1. The second kappa shape index (κ2) is 7.54. The number of carbonyl (C=O) groups excluding carboxylic acids is 1. The number of alkyl halides is 3. The van der Waals surface area contributed by atoms with Crippen LogP contribution in [0.1, 0.15) is 40.6 Å². The van der Waals surface area contributed by atoms with Crippen LogP contribution in [0.25, 0.3) is 5.65 Å². The van der Waals surface area contributed by atoms with Gasteiger partial charge in [-0.25, -0.2) is 0 Å². The summed E-state index contributed by atoms with van der Waals surface area (Å²) in [6, 6.07) is 5.62. The first-order valence-corrected chi connectivity index (χ1v) is 9.46. The monoisotopic (exact) mass is 419 g/mol. The number of likely N-dealkylation sites (tertiary alicyclic amines) is 1. The average Bonchev–Trinajstić information content (AvgIpc) is 3.16. The molecule has 1 aliphatic heterocycles. The van der Waals surface area contributed by atoms with Crippen LogP contribution in [0.2, 0.25) is 0 Å². The number of hydrogen-bond donors (Lipinski definition) is 0. The van der Waals surface area contributed by atoms with Crippen molar-refractivity contribution in [3.05, 3.63) is 47.5 Å². The minimum absolute atomic E-state index is 0.227. The fourth-order valence-electron chi connectivity index (χ4n) is 3.57. The van der Waals surface area contributed by atoms with Gasteiger partial charge in [0, 0.05) is 39.3 Å². The fraction of sp³-hybridized carbons (Fsp3) is 0.421. The first kappa shape index (κ1) is 20.0. The highest BCUT2D eigenvalue weighted by Crippen LogP contribution is 2.31. The molecule has 0 aromatic carbocycles. The molecule has 8 nitrogen and oxygen atoms in total. The third-order valence-corrected chi connectivity index (χ3v) is 5.16. The number of fused-ring (bicyclic) bond motifs is 1. The molecule has 4 rings (SSSR count). The van der Waals surface area contributed by atoms with Gasteiger partial charge in [0.05, 0.1) is 5.56 Å². The highest BCUT2D eigenvalue weighted by atomic mass is 19.4. The quantitative estimate of drug-likeness (QED) is 0.650. The van der Waals surface area contributed by atoms with E-state index in [0.717, 1.165) is 12.3 Å². The number of nitrogens with zero attached hydrogens (tertiary/aromatic N) is 7. The molecule has 1 aliphatic rings. The molecule has 0 N–H and O–H groups in total. The Morgan fingerprint density at radius 2 is 1.90 bits per heavy atom. The molecule has 1 saturated heterocycles. The number of halogens is 3. The first-order chi connectivity index (χ1) is 14.2. The number of rotatable bonds is 3. The average molecular weight is 419 g/mol. The van der Waals surface area contributed by atoms with Crippen molar-refractivity contribution in [3.63, 3.8) is 0 Å². The van der Waals surface area contributed by atoms with Crippen LogP contribution in [0.4, 0.5) is 19.0 Å². The van der Waals surface area contributed by atoms with Crippen LogP contribution in [0.5, 0.6) is 0 Å². The topological polar surface area (TPSA) is 79.5 Å². The second-order valence-electron chi connectivity index (χ2n) is 7.46. The number of amides is 1. The van der Waals surface area contributed by atoms with E-state index in [2.05, 4.69) is 20.4 Å². The molecule has 0 bridgehead atoms. The lowest BCUT2D eigenvalue weighted by Crippen LogP contribution is -2.40. The highest BCUT2D eigenvalue weighted by Gasteiger charge is 2.33. The standard InChI is InChI=1S/C19H20F3N7O/c1-27(2)15-8-6-14(23-24-15)18(30)28-9-3-4-12(10-28)17-26-25-16-7-5-13(11-29(16)17)19(20,21)22/h5-8,11-12H,3-4,9-10H2,1-2H3. The molecule has 0 saturated carbocycles. The van der Waals surface area contributed by atoms with Crippen LogP contribution in [-0.2, 0) is 6.18 Å². The van der Waals surface area contributed by atoms with Gasteiger partial charge in [0.15, 0.2) is 17.2 Å². The zero-order valence-corrected chi connectivity index (χ0v) is 16.5. The van der Waals surface area contributed by atoms with Crippen molar-refractivity contribution in [2.24, 2.45) is 0 Å². The van der Waals surface area contributed by atoms with Crippen LogP contribution >= 0.6 is 0 Å². The van der Waals surface area contributed by atoms with Gasteiger partial charge in [0.1, 0.15) is 5.82 Å². The van der Waals surface area contributed by atoms with Crippen LogP contribution in [0, 0.1) is 0 Å². The lowest BCUT2D eigenvalue weighted by atomic mass is 9.97. The maximum absolute atomic E-state index is 13.1. The zero-order valence-electron chi connectivity index (χ0n) is 16.5. The number of aromatic nitrogens is 5. The van der Waals surface area contributed by atoms with Gasteiger partial charge in [-0.15, -0.1) is 20.4 Å². The van der Waals surface area contributed by atoms with Gasteiger partial charge >= 0.3 is 6.18 Å². The minimum Gasteiger partial charge on any atom is -0.361 e. The lowest BCUT2D eigenvalue weighted by Gasteiger charge is -2.31. The summed E-state index contributed by atoms with van der Waals surface area (Å²) < 4.78 is 40.7. The summed E-state index contributed by atoms with van der Waals surface area (Å²) >= 11 is 0. The van der Waals surface area contributed by atoms with Crippen LogP contribution in [-0.4, -0.2) is 62.8 Å². The molecule has 4 heterocycles. The van der Waals surface area contributed by atoms with E-state index >= 15 is 0 Å². The molecule has 11 heteroatoms. The largest absolute Gasteiger partial charge is 0.417 e. The zero-order chi connectivity index (χ0) is 21.5. The normalized spacial score (nSPS) is 17.4. The van der Waals surface area contributed by atoms with Gasteiger partial charge in [-0.05, 0) is 37.1 Å². The predicted molar refractivity (Wildman–Crippen MR) is 102 cm³/mol. The van der Waals surface area contributed by atoms with E-state index in [0.29, 0.717) is 43.2 Å². The van der Waals surface area contributed by atoms with Gasteiger partial charge < -0.3 is 9.80 Å². The Labute approximate surface area is 170 Å². The van der Waals surface area contributed by atoms with E-state index in [1.54, 1.807) is 21.9 Å². The third-order valence-electron chi connectivity index (χ3n) is 5.16. The molecule has 1 unspecified atom stereocenters. The van der Waals surface area contributed by atoms with Crippen molar-refractivity contribution in [2.75, 3.05) is 32.1 Å². The number of pyridine rings is 1. The van der Waals surface area contributed by atoms with Crippen LogP contribution in [0.15, 0.2) is 30.5 Å². The van der Waals surface area contributed by atoms with Crippen molar-refractivity contribution in [1.29, 1.82) is 0 Å². The van der Waals surface area contributed by atoms with E-state index in [4.69, 9.17) is 0 Å². The summed E-state index contributed by atoms with van der Waals surface area (Å²) in [6.45, 7) is 0.865. The van der Waals surface area contributed by atoms with Gasteiger partial charge in [-0.1, -0.05) is 0 Å². The minimum atomic E-state index is -4.46.